The van der Waals surface area contributed by atoms with Crippen LogP contribution in [0.1, 0.15) is 34.8 Å². The molecule has 0 bridgehead atoms. The van der Waals surface area contributed by atoms with Gasteiger partial charge in [0, 0.05) is 12.0 Å². The first kappa shape index (κ1) is 23.3. The van der Waals surface area contributed by atoms with E-state index in [1.54, 1.807) is 25.1 Å². The quantitative estimate of drug-likeness (QED) is 0.210. The van der Waals surface area contributed by atoms with Crippen LogP contribution in [0, 0.1) is 23.7 Å². The van der Waals surface area contributed by atoms with Crippen molar-refractivity contribution in [2.45, 2.75) is 43.9 Å². The number of ketones is 3. The van der Waals surface area contributed by atoms with Gasteiger partial charge in [0.15, 0.2) is 23.0 Å². The molecule has 0 heterocycles. The molecule has 0 radical (unpaired) electrons. The van der Waals surface area contributed by atoms with Crippen LogP contribution in [0.2, 0.25) is 0 Å². The first-order valence-electron chi connectivity index (χ1n) is 11.0. The van der Waals surface area contributed by atoms with Crippen molar-refractivity contribution in [2.24, 2.45) is 29.4 Å². The highest BCUT2D eigenvalue weighted by Crippen LogP contribution is 2.52. The number of aliphatic hydroxyl groups is 2. The molecule has 0 aromatic heterocycles. The van der Waals surface area contributed by atoms with Gasteiger partial charge in [-0.3, -0.25) is 19.2 Å². The monoisotopic (exact) mass is 459 g/mol. The Labute approximate surface area is 190 Å². The molecule has 10 nitrogen and oxygen atoms in total. The molecular weight excluding hydrogens is 430 g/mol. The molecule has 3 aliphatic carbocycles. The Hall–Kier alpha value is -2.82. The average Bonchev–Trinajstić information content (AvgIpc) is 2.72. The summed E-state index contributed by atoms with van der Waals surface area (Å²) in [6.45, 7) is 1.88. The zero-order valence-electron chi connectivity index (χ0n) is 18.7. The van der Waals surface area contributed by atoms with E-state index in [0.29, 0.717) is 12.0 Å². The van der Waals surface area contributed by atoms with Crippen LogP contribution in [0.15, 0.2) is 6.07 Å². The summed E-state index contributed by atoms with van der Waals surface area (Å²) in [5.41, 5.74) is 9.91. The number of primary amides is 1. The highest BCUT2D eigenvalue weighted by Gasteiger charge is 2.69. The molecule has 7 atom stereocenters. The van der Waals surface area contributed by atoms with Gasteiger partial charge in [-0.1, -0.05) is 6.92 Å². The zero-order chi connectivity index (χ0) is 24.6. The van der Waals surface area contributed by atoms with E-state index < -0.39 is 70.4 Å². The molecule has 3 aliphatic rings. The fourth-order valence-corrected chi connectivity index (χ4v) is 6.30. The van der Waals surface area contributed by atoms with Gasteiger partial charge in [-0.15, -0.1) is 0 Å². The fourth-order valence-electron chi connectivity index (χ4n) is 6.30. The number of carbonyl (C=O) groups excluding carboxylic acids is 4. The molecule has 0 saturated heterocycles. The molecule has 3 unspecified atom stereocenters. The van der Waals surface area contributed by atoms with E-state index in [1.807, 2.05) is 6.92 Å². The van der Waals surface area contributed by atoms with Crippen molar-refractivity contribution in [1.29, 1.82) is 0 Å². The third-order valence-electron chi connectivity index (χ3n) is 7.79. The number of carbonyl (C=O) groups is 4. The molecule has 10 heteroatoms. The third kappa shape index (κ3) is 2.97. The number of amides is 1. The molecule has 0 aliphatic heterocycles. The Morgan fingerprint density at radius 2 is 1.88 bits per heavy atom. The first-order chi connectivity index (χ1) is 15.4. The second-order valence-electron chi connectivity index (χ2n) is 9.65. The molecule has 178 valence electrons. The molecular formula is C23H29N3O7. The Kier molecular flexibility index (Phi) is 5.38. The van der Waals surface area contributed by atoms with Crippen LogP contribution in [0.4, 0.5) is 5.69 Å². The van der Waals surface area contributed by atoms with Crippen LogP contribution in [0.5, 0.6) is 5.75 Å². The molecule has 2 saturated carbocycles. The first-order valence-corrected chi connectivity index (χ1v) is 11.0. The number of phenols is 1. The molecule has 0 spiro atoms. The Morgan fingerprint density at radius 1 is 1.24 bits per heavy atom. The maximum Gasteiger partial charge on any atom is 0.230 e. The number of nitrogens with zero attached hydrogens (tertiary/aromatic N) is 1. The van der Waals surface area contributed by atoms with Crippen molar-refractivity contribution < 1.29 is 34.5 Å². The topological polar surface area (TPSA) is 184 Å². The predicted octanol–water partition coefficient (Wildman–Crippen LogP) is -1.20. The lowest BCUT2D eigenvalue weighted by Crippen LogP contribution is -2.75. The van der Waals surface area contributed by atoms with E-state index in [0.717, 1.165) is 5.56 Å². The lowest BCUT2D eigenvalue weighted by atomic mass is 9.52. The summed E-state index contributed by atoms with van der Waals surface area (Å²) in [5.74, 6) is -9.24. The number of nitrogen functional groups attached to an aromatic ring is 1. The summed E-state index contributed by atoms with van der Waals surface area (Å²) in [7, 11) is 3.21. The minimum absolute atomic E-state index is 0.00979. The summed E-state index contributed by atoms with van der Waals surface area (Å²) in [4.78, 5) is 54.0. The number of aliphatic hydroxyl groups excluding tert-OH is 1. The lowest BCUT2D eigenvalue weighted by molar-refractivity contribution is -0.190. The van der Waals surface area contributed by atoms with Crippen LogP contribution in [-0.4, -0.2) is 75.3 Å². The average molecular weight is 459 g/mol. The standard InChI is InChI=1S/C23H29N3O7/c1-4-8-7-12(24)17(27)14-10(8)5-9-6-11-16(26(2)3)19(29)15(22(25)32)21(31)23(11,33)20(30)13(9)18(14)28/h7,9,11,13,15-16,19,27,29,33H,4-6,24H2,1-3H3,(H2,25,32)/t9-,11-,13?,15?,16-,19?,23-/m1/s1. The van der Waals surface area contributed by atoms with Gasteiger partial charge in [-0.05, 0) is 56.5 Å². The van der Waals surface area contributed by atoms with Crippen LogP contribution < -0.4 is 11.5 Å². The SMILES string of the molecule is CCc1cc(N)c(O)c2c1C[C@@H]1C[C@@H]3[C@@H](N(C)C)C(O)C(C(N)=O)C(=O)[C@]3(O)C(=O)C1C2=O. The van der Waals surface area contributed by atoms with Gasteiger partial charge in [-0.25, -0.2) is 0 Å². The summed E-state index contributed by atoms with van der Waals surface area (Å²) < 4.78 is 0. The van der Waals surface area contributed by atoms with Crippen molar-refractivity contribution in [3.63, 3.8) is 0 Å². The van der Waals surface area contributed by atoms with Crippen molar-refractivity contribution in [2.75, 3.05) is 19.8 Å². The zero-order valence-corrected chi connectivity index (χ0v) is 18.7. The van der Waals surface area contributed by atoms with Crippen molar-refractivity contribution in [1.82, 2.24) is 4.90 Å². The number of fused-ring (bicyclic) bond motifs is 3. The number of hydrogen-bond donors (Lipinski definition) is 5. The minimum atomic E-state index is -2.66. The van der Waals surface area contributed by atoms with E-state index in [4.69, 9.17) is 11.5 Å². The van der Waals surface area contributed by atoms with Gasteiger partial charge in [0.1, 0.15) is 11.7 Å². The summed E-state index contributed by atoms with van der Waals surface area (Å²) in [5, 5.41) is 32.9. The predicted molar refractivity (Wildman–Crippen MR) is 116 cm³/mol. The Balaban J connectivity index is 1.89. The minimum Gasteiger partial charge on any atom is -0.505 e. The van der Waals surface area contributed by atoms with Crippen LogP contribution in [-0.2, 0) is 27.2 Å². The number of benzene rings is 1. The van der Waals surface area contributed by atoms with Gasteiger partial charge >= 0.3 is 0 Å². The highest BCUT2D eigenvalue weighted by molar-refractivity contribution is 6.25. The largest absolute Gasteiger partial charge is 0.505 e. The van der Waals surface area contributed by atoms with Crippen LogP contribution in [0.3, 0.4) is 0 Å². The van der Waals surface area contributed by atoms with E-state index in [1.165, 1.54) is 0 Å². The fraction of sp³-hybridized carbons (Fsp3) is 0.565. The lowest BCUT2D eigenvalue weighted by Gasteiger charge is -2.54. The Morgan fingerprint density at radius 3 is 2.42 bits per heavy atom. The molecule has 2 fully saturated rings. The molecule has 1 amide bonds. The number of aromatic hydroxyl groups is 1. The number of rotatable bonds is 3. The summed E-state index contributed by atoms with van der Waals surface area (Å²) >= 11 is 0. The second kappa shape index (κ2) is 7.61. The summed E-state index contributed by atoms with van der Waals surface area (Å²) in [6.07, 6.45) is -0.605. The maximum absolute atomic E-state index is 13.7. The van der Waals surface area contributed by atoms with Gasteiger partial charge in [0.25, 0.3) is 0 Å². The van der Waals surface area contributed by atoms with E-state index in [2.05, 4.69) is 0 Å². The highest BCUT2D eigenvalue weighted by atomic mass is 16.3. The van der Waals surface area contributed by atoms with E-state index >= 15 is 0 Å². The smallest absolute Gasteiger partial charge is 0.230 e. The number of hydrogen-bond acceptors (Lipinski definition) is 9. The number of nitrogens with two attached hydrogens (primary N) is 2. The number of likely N-dealkylation sites (N-methyl/N-ethyl adjacent to an activating group) is 1. The summed E-state index contributed by atoms with van der Waals surface area (Å²) in [6, 6.07) is 0.688. The molecule has 7 N–H and O–H groups in total. The number of Topliss-reactive ketones (excluding diaryl/α,β-unsaturated/α-hetero) is 3. The second-order valence-corrected chi connectivity index (χ2v) is 9.65. The van der Waals surface area contributed by atoms with Gasteiger partial charge in [0.05, 0.1) is 23.3 Å². The number of anilines is 1. The number of phenolic OH excluding ortho intramolecular Hbond substituents is 1. The van der Waals surface area contributed by atoms with Crippen LogP contribution >= 0.6 is 0 Å². The van der Waals surface area contributed by atoms with E-state index in [-0.39, 0.29) is 24.1 Å². The van der Waals surface area contributed by atoms with Gasteiger partial charge < -0.3 is 31.7 Å². The maximum atomic E-state index is 13.7. The van der Waals surface area contributed by atoms with Crippen molar-refractivity contribution >= 4 is 28.9 Å². The van der Waals surface area contributed by atoms with E-state index in [9.17, 15) is 34.5 Å². The normalized spacial score (nSPS) is 35.8. The van der Waals surface area contributed by atoms with Crippen LogP contribution in [0.25, 0.3) is 0 Å². The van der Waals surface area contributed by atoms with Crippen molar-refractivity contribution in [3.8, 4) is 5.75 Å². The Bertz CT molecular complexity index is 1080. The molecule has 1 aromatic carbocycles. The van der Waals surface area contributed by atoms with Gasteiger partial charge in [0.2, 0.25) is 5.91 Å². The van der Waals surface area contributed by atoms with Gasteiger partial charge in [-0.2, -0.15) is 0 Å². The molecule has 33 heavy (non-hydrogen) atoms. The number of aryl methyl sites for hydroxylation is 1. The molecule has 1 aromatic rings. The molecule has 4 rings (SSSR count). The van der Waals surface area contributed by atoms with Crippen molar-refractivity contribution in [3.05, 3.63) is 22.8 Å². The third-order valence-corrected chi connectivity index (χ3v) is 7.79.